The van der Waals surface area contributed by atoms with Gasteiger partial charge in [0.1, 0.15) is 12.3 Å². The Morgan fingerprint density at radius 2 is 1.50 bits per heavy atom. The van der Waals surface area contributed by atoms with Gasteiger partial charge in [0.05, 0.1) is 27.4 Å². The van der Waals surface area contributed by atoms with Gasteiger partial charge in [0.15, 0.2) is 5.78 Å². The molecule has 0 unspecified atom stereocenters. The summed E-state index contributed by atoms with van der Waals surface area (Å²) in [7, 11) is 0. The number of imide groups is 1. The van der Waals surface area contributed by atoms with Gasteiger partial charge >= 0.3 is 5.97 Å². The van der Waals surface area contributed by atoms with E-state index in [1.54, 1.807) is 24.3 Å². The van der Waals surface area contributed by atoms with Gasteiger partial charge in [-0.1, -0.05) is 50.8 Å². The largest absolute Gasteiger partial charge is 0.423 e. The van der Waals surface area contributed by atoms with Crippen molar-refractivity contribution in [3.05, 3.63) is 110 Å². The highest BCUT2D eigenvalue weighted by Gasteiger charge is 2.51. The molecule has 3 aromatic rings. The highest BCUT2D eigenvalue weighted by atomic mass is 79.9. The van der Waals surface area contributed by atoms with E-state index >= 15 is 0 Å². The number of ketones is 1. The van der Waals surface area contributed by atoms with Crippen molar-refractivity contribution in [1.82, 2.24) is 10.0 Å². The molecule has 3 amide bonds. The summed E-state index contributed by atoms with van der Waals surface area (Å²) in [6.45, 7) is 1.29. The second-order valence-corrected chi connectivity index (χ2v) is 11.8. The Labute approximate surface area is 259 Å². The van der Waals surface area contributed by atoms with Gasteiger partial charge in [0, 0.05) is 15.6 Å². The van der Waals surface area contributed by atoms with Crippen molar-refractivity contribution in [2.24, 2.45) is 11.8 Å². The van der Waals surface area contributed by atoms with Crippen LogP contribution < -0.4 is 4.74 Å². The lowest BCUT2D eigenvalue weighted by Gasteiger charge is -2.30. The molecule has 1 saturated heterocycles. The number of hydrogen-bond acceptors (Lipinski definition) is 6. The lowest BCUT2D eigenvalue weighted by Crippen LogP contribution is -2.52. The van der Waals surface area contributed by atoms with E-state index in [-0.39, 0.29) is 26.9 Å². The number of benzene rings is 3. The van der Waals surface area contributed by atoms with Gasteiger partial charge in [0.2, 0.25) is 0 Å². The first-order valence-corrected chi connectivity index (χ1v) is 14.5. The molecule has 0 saturated carbocycles. The van der Waals surface area contributed by atoms with Crippen molar-refractivity contribution in [2.75, 3.05) is 6.54 Å². The Morgan fingerprint density at radius 1 is 0.881 bits per heavy atom. The van der Waals surface area contributed by atoms with Crippen molar-refractivity contribution in [3.63, 3.8) is 0 Å². The van der Waals surface area contributed by atoms with E-state index in [9.17, 15) is 24.0 Å². The maximum absolute atomic E-state index is 13.7. The van der Waals surface area contributed by atoms with E-state index < -0.39 is 47.9 Å². The summed E-state index contributed by atoms with van der Waals surface area (Å²) in [5, 5.41) is 2.01. The number of ether oxygens (including phenoxy) is 1. The summed E-state index contributed by atoms with van der Waals surface area (Å²) >= 11 is 15.5. The number of amides is 3. The fraction of sp³-hybridized carbons (Fsp3) is 0.194. The van der Waals surface area contributed by atoms with E-state index in [0.29, 0.717) is 18.4 Å². The molecule has 5 rings (SSSR count). The molecule has 2 atom stereocenters. The molecule has 1 heterocycles. The van der Waals surface area contributed by atoms with Crippen LogP contribution >= 0.6 is 39.1 Å². The van der Waals surface area contributed by atoms with Crippen LogP contribution in [-0.2, 0) is 9.59 Å². The number of halogens is 3. The molecule has 1 aliphatic carbocycles. The van der Waals surface area contributed by atoms with Gasteiger partial charge in [-0.15, -0.1) is 0 Å². The zero-order valence-corrected chi connectivity index (χ0v) is 25.3. The molecule has 8 nitrogen and oxygen atoms in total. The third-order valence-corrected chi connectivity index (χ3v) is 8.47. The normalized spacial score (nSPS) is 17.9. The van der Waals surface area contributed by atoms with Crippen molar-refractivity contribution in [1.29, 1.82) is 0 Å². The molecule has 11 heteroatoms. The van der Waals surface area contributed by atoms with E-state index in [1.165, 1.54) is 42.5 Å². The summed E-state index contributed by atoms with van der Waals surface area (Å²) in [6, 6.07) is 16.6. The number of carbonyl (C=O) groups excluding carboxylic acids is 5. The molecule has 2 aliphatic rings. The molecule has 1 aliphatic heterocycles. The SMILES string of the molecule is CC1=CC[C@@H]2C(=O)N(N(CC(=O)c3ccc(OC(=O)c4ccc(Br)cc4)cc3)C(=O)c3ccc(Cl)c(Cl)c3)C(=O)[C@H]2C1. The molecular formula is C31H23BrCl2N2O6. The Kier molecular flexibility index (Phi) is 8.63. The Balaban J connectivity index is 1.38. The van der Waals surface area contributed by atoms with Crippen LogP contribution in [-0.4, -0.2) is 46.0 Å². The fourth-order valence-electron chi connectivity index (χ4n) is 4.96. The highest BCUT2D eigenvalue weighted by molar-refractivity contribution is 9.10. The van der Waals surface area contributed by atoms with Gasteiger partial charge < -0.3 is 4.74 Å². The third-order valence-electron chi connectivity index (χ3n) is 7.20. The zero-order chi connectivity index (χ0) is 30.1. The van der Waals surface area contributed by atoms with Crippen LogP contribution in [0.5, 0.6) is 5.75 Å². The molecular weight excluding hydrogens is 647 g/mol. The molecule has 0 N–H and O–H groups in total. The lowest BCUT2D eigenvalue weighted by atomic mass is 9.82. The van der Waals surface area contributed by atoms with Gasteiger partial charge in [-0.25, -0.2) is 9.80 Å². The first-order chi connectivity index (χ1) is 20.0. The first-order valence-electron chi connectivity index (χ1n) is 12.9. The Hall–Kier alpha value is -3.79. The van der Waals surface area contributed by atoms with Crippen LogP contribution in [0.15, 0.2) is 82.9 Å². The van der Waals surface area contributed by atoms with Gasteiger partial charge in [0.25, 0.3) is 17.7 Å². The number of hydrazine groups is 1. The number of esters is 1. The molecule has 214 valence electrons. The van der Waals surface area contributed by atoms with Crippen LogP contribution in [0.4, 0.5) is 0 Å². The predicted molar refractivity (Wildman–Crippen MR) is 159 cm³/mol. The third kappa shape index (κ3) is 6.04. The number of carbonyl (C=O) groups is 5. The smallest absolute Gasteiger partial charge is 0.343 e. The molecule has 0 aromatic heterocycles. The van der Waals surface area contributed by atoms with Gasteiger partial charge in [-0.2, -0.15) is 5.01 Å². The summed E-state index contributed by atoms with van der Waals surface area (Å²) in [6.07, 6.45) is 2.69. The number of fused-ring (bicyclic) bond motifs is 1. The highest BCUT2D eigenvalue weighted by Crippen LogP contribution is 2.39. The van der Waals surface area contributed by atoms with Crippen molar-refractivity contribution in [2.45, 2.75) is 19.8 Å². The lowest BCUT2D eigenvalue weighted by molar-refractivity contribution is -0.154. The van der Waals surface area contributed by atoms with Crippen LogP contribution in [0.2, 0.25) is 10.0 Å². The summed E-state index contributed by atoms with van der Waals surface area (Å²) in [5.74, 6) is -3.95. The van der Waals surface area contributed by atoms with Crippen LogP contribution in [0.3, 0.4) is 0 Å². The van der Waals surface area contributed by atoms with Crippen molar-refractivity contribution in [3.8, 4) is 5.75 Å². The first kappa shape index (κ1) is 29.7. The van der Waals surface area contributed by atoms with Crippen LogP contribution in [0, 0.1) is 11.8 Å². The summed E-state index contributed by atoms with van der Waals surface area (Å²) in [5.41, 5.74) is 1.57. The topological polar surface area (TPSA) is 101 Å². The Bertz CT molecular complexity index is 1640. The van der Waals surface area contributed by atoms with Crippen LogP contribution in [0.25, 0.3) is 0 Å². The number of rotatable bonds is 7. The molecule has 0 bridgehead atoms. The number of Topliss-reactive ketones (excluding diaryl/α,β-unsaturated/α-hetero) is 1. The Morgan fingerprint density at radius 3 is 2.17 bits per heavy atom. The number of nitrogens with zero attached hydrogens (tertiary/aromatic N) is 2. The van der Waals surface area contributed by atoms with E-state index in [2.05, 4.69) is 15.9 Å². The van der Waals surface area contributed by atoms with E-state index in [4.69, 9.17) is 27.9 Å². The maximum atomic E-state index is 13.7. The van der Waals surface area contributed by atoms with Gasteiger partial charge in [-0.3, -0.25) is 19.2 Å². The molecule has 3 aromatic carbocycles. The van der Waals surface area contributed by atoms with E-state index in [0.717, 1.165) is 20.1 Å². The van der Waals surface area contributed by atoms with E-state index in [1.807, 2.05) is 13.0 Å². The molecule has 1 fully saturated rings. The van der Waals surface area contributed by atoms with Gasteiger partial charge in [-0.05, 0) is 86.5 Å². The fourth-order valence-corrected chi connectivity index (χ4v) is 5.52. The average molecular weight is 670 g/mol. The summed E-state index contributed by atoms with van der Waals surface area (Å²) in [4.78, 5) is 66.5. The number of hydrogen-bond donors (Lipinski definition) is 0. The predicted octanol–water partition coefficient (Wildman–Crippen LogP) is 6.56. The second kappa shape index (κ2) is 12.2. The average Bonchev–Trinajstić information content (AvgIpc) is 3.21. The van der Waals surface area contributed by atoms with Crippen LogP contribution in [0.1, 0.15) is 50.8 Å². The number of allylic oxidation sites excluding steroid dienone is 2. The second-order valence-electron chi connectivity index (χ2n) is 10.0. The minimum atomic E-state index is -0.757. The monoisotopic (exact) mass is 668 g/mol. The minimum Gasteiger partial charge on any atom is -0.423 e. The zero-order valence-electron chi connectivity index (χ0n) is 22.2. The molecule has 42 heavy (non-hydrogen) atoms. The quantitative estimate of drug-likeness (QED) is 0.0929. The van der Waals surface area contributed by atoms with Crippen molar-refractivity contribution >= 4 is 68.6 Å². The molecule has 0 spiro atoms. The minimum absolute atomic E-state index is 0.0529. The van der Waals surface area contributed by atoms with Crippen molar-refractivity contribution < 1.29 is 28.7 Å². The summed E-state index contributed by atoms with van der Waals surface area (Å²) < 4.78 is 6.21. The maximum Gasteiger partial charge on any atom is 0.343 e. The molecule has 0 radical (unpaired) electrons. The standard InChI is InChI=1S/C31H23BrCl2N2O6/c1-17-2-12-23-24(14-17)30(40)36(29(23)39)35(28(38)20-7-13-25(33)26(34)15-20)16-27(37)18-5-10-22(11-6-18)42-31(41)19-3-8-21(32)9-4-19/h2-11,13,15,23-24H,12,14,16H2,1H3/t23-,24-/m0/s1.